The number of pyridine rings is 1. The summed E-state index contributed by atoms with van der Waals surface area (Å²) in [6.07, 6.45) is 1.36. The van der Waals surface area contributed by atoms with Gasteiger partial charge in [-0.3, -0.25) is 5.10 Å². The van der Waals surface area contributed by atoms with Crippen LogP contribution in [-0.4, -0.2) is 74.2 Å². The zero-order valence-electron chi connectivity index (χ0n) is 19.5. The van der Waals surface area contributed by atoms with Crippen LogP contribution in [0.3, 0.4) is 0 Å². The van der Waals surface area contributed by atoms with Crippen LogP contribution in [0.1, 0.15) is 34.8 Å². The van der Waals surface area contributed by atoms with Gasteiger partial charge in [-0.1, -0.05) is 0 Å². The van der Waals surface area contributed by atoms with E-state index in [1.54, 1.807) is 30.1 Å². The largest absolute Gasteiger partial charge is 0.393 e. The van der Waals surface area contributed by atoms with Crippen molar-refractivity contribution in [3.63, 3.8) is 0 Å². The minimum absolute atomic E-state index is 0.0895. The van der Waals surface area contributed by atoms with E-state index in [9.17, 15) is 13.2 Å². The van der Waals surface area contributed by atoms with Gasteiger partial charge in [-0.15, -0.1) is 11.3 Å². The number of thiazole rings is 1. The first-order valence-electron chi connectivity index (χ1n) is 11.4. The smallest absolute Gasteiger partial charge is 0.383 e. The molecule has 0 aliphatic carbocycles. The van der Waals surface area contributed by atoms with Crippen LogP contribution in [0.15, 0.2) is 24.8 Å². The van der Waals surface area contributed by atoms with Gasteiger partial charge in [0.05, 0.1) is 24.4 Å². The molecule has 0 amide bonds. The van der Waals surface area contributed by atoms with Crippen LogP contribution >= 0.6 is 11.3 Å². The first-order valence-corrected chi connectivity index (χ1v) is 12.3. The fourth-order valence-corrected chi connectivity index (χ4v) is 5.74. The van der Waals surface area contributed by atoms with Crippen molar-refractivity contribution in [2.75, 3.05) is 33.4 Å². The van der Waals surface area contributed by atoms with Gasteiger partial charge in [-0.25, -0.2) is 14.5 Å². The van der Waals surface area contributed by atoms with Crippen LogP contribution in [-0.2, 0) is 11.2 Å². The number of alkyl halides is 3. The second kappa shape index (κ2) is 9.67. The number of ether oxygens (including phenoxy) is 1. The summed E-state index contributed by atoms with van der Waals surface area (Å²) in [5, 5.41) is 11.8. The molecule has 0 radical (unpaired) electrons. The molecule has 5 rings (SSSR count). The van der Waals surface area contributed by atoms with Crippen molar-refractivity contribution in [3.8, 4) is 22.0 Å². The Kier molecular flexibility index (Phi) is 6.60. The third-order valence-corrected chi connectivity index (χ3v) is 7.59. The van der Waals surface area contributed by atoms with Gasteiger partial charge in [-0.2, -0.15) is 23.4 Å². The Morgan fingerprint density at radius 1 is 1.23 bits per heavy atom. The molecule has 4 aromatic rings. The van der Waals surface area contributed by atoms with Crippen molar-refractivity contribution in [3.05, 3.63) is 40.8 Å². The first-order chi connectivity index (χ1) is 16.8. The molecule has 8 nitrogen and oxygen atoms in total. The minimum atomic E-state index is -4.39. The van der Waals surface area contributed by atoms with E-state index in [1.807, 2.05) is 6.92 Å². The highest BCUT2D eigenvalue weighted by atomic mass is 32.1. The van der Waals surface area contributed by atoms with E-state index in [4.69, 9.17) is 4.74 Å². The number of likely N-dealkylation sites (tertiary alicyclic amines) is 1. The van der Waals surface area contributed by atoms with Crippen molar-refractivity contribution in [1.29, 1.82) is 0 Å². The van der Waals surface area contributed by atoms with Gasteiger partial charge in [0.2, 0.25) is 0 Å². The summed E-state index contributed by atoms with van der Waals surface area (Å²) in [6.45, 7) is 5.41. The maximum Gasteiger partial charge on any atom is 0.393 e. The number of rotatable bonds is 7. The lowest BCUT2D eigenvalue weighted by molar-refractivity contribution is -0.127. The standard InChI is InChI=1S/C23H26F3N7OS/c1-14-9-16(12-33-21(14)28-13-29-33)19-17(10-23(24,25)26)20(31-30-19)22-27-11-18(35-22)15-3-5-32(6-4-15)7-8-34-2/h9,11-13,15H,3-8,10H2,1-2H3,(H,30,31). The summed E-state index contributed by atoms with van der Waals surface area (Å²) in [7, 11) is 1.70. The molecule has 35 heavy (non-hydrogen) atoms. The number of piperidine rings is 1. The number of aryl methyl sites for hydroxylation is 1. The molecule has 1 N–H and O–H groups in total. The predicted octanol–water partition coefficient (Wildman–Crippen LogP) is 4.48. The van der Waals surface area contributed by atoms with Gasteiger partial charge in [0.1, 0.15) is 11.3 Å². The highest BCUT2D eigenvalue weighted by Crippen LogP contribution is 2.39. The van der Waals surface area contributed by atoms with E-state index >= 15 is 0 Å². The van der Waals surface area contributed by atoms with Crippen LogP contribution in [0.4, 0.5) is 13.2 Å². The monoisotopic (exact) mass is 505 g/mol. The number of aromatic amines is 1. The van der Waals surface area contributed by atoms with Gasteiger partial charge in [0, 0.05) is 42.1 Å². The molecular formula is C23H26F3N7OS. The van der Waals surface area contributed by atoms with Crippen LogP contribution in [0.2, 0.25) is 0 Å². The molecule has 12 heteroatoms. The molecule has 1 aliphatic heterocycles. The normalized spacial score (nSPS) is 15.9. The fraction of sp³-hybridized carbons (Fsp3) is 0.478. The quantitative estimate of drug-likeness (QED) is 0.399. The Balaban J connectivity index is 1.44. The zero-order valence-corrected chi connectivity index (χ0v) is 20.3. The highest BCUT2D eigenvalue weighted by Gasteiger charge is 2.33. The average Bonchev–Trinajstić information content (AvgIpc) is 3.56. The number of aromatic nitrogens is 6. The molecule has 0 unspecified atom stereocenters. The molecule has 186 valence electrons. The van der Waals surface area contributed by atoms with E-state index in [0.29, 0.717) is 34.4 Å². The first kappa shape index (κ1) is 23.9. The Bertz CT molecular complexity index is 1300. The third kappa shape index (κ3) is 5.09. The molecule has 0 saturated carbocycles. The zero-order chi connectivity index (χ0) is 24.6. The second-order valence-electron chi connectivity index (χ2n) is 8.83. The number of methoxy groups -OCH3 is 1. The summed E-state index contributed by atoms with van der Waals surface area (Å²) < 4.78 is 47.6. The predicted molar refractivity (Wildman–Crippen MR) is 126 cm³/mol. The van der Waals surface area contributed by atoms with E-state index in [1.165, 1.54) is 17.7 Å². The molecular weight excluding hydrogens is 479 g/mol. The molecule has 4 aromatic heterocycles. The number of halogens is 3. The Labute approximate surface area is 204 Å². The molecule has 0 spiro atoms. The van der Waals surface area contributed by atoms with Crippen molar-refractivity contribution in [1.82, 2.24) is 34.7 Å². The van der Waals surface area contributed by atoms with Gasteiger partial charge in [0.25, 0.3) is 0 Å². The molecule has 0 atom stereocenters. The van der Waals surface area contributed by atoms with Gasteiger partial charge >= 0.3 is 6.18 Å². The topological polar surface area (TPSA) is 84.2 Å². The van der Waals surface area contributed by atoms with Crippen molar-refractivity contribution >= 4 is 17.0 Å². The van der Waals surface area contributed by atoms with Crippen molar-refractivity contribution < 1.29 is 17.9 Å². The van der Waals surface area contributed by atoms with Crippen LogP contribution in [0, 0.1) is 6.92 Å². The Hall–Kier alpha value is -2.83. The SMILES string of the molecule is COCCN1CCC(c2cnc(-c3[nH]nc(-c4cc(C)c5ncnn5c4)c3CC(F)(F)F)s2)CC1. The lowest BCUT2D eigenvalue weighted by Crippen LogP contribution is -2.35. The van der Waals surface area contributed by atoms with E-state index in [2.05, 4.69) is 30.2 Å². The maximum atomic E-state index is 13.6. The number of hydrogen-bond acceptors (Lipinski definition) is 7. The second-order valence-corrected chi connectivity index (χ2v) is 9.90. The average molecular weight is 506 g/mol. The minimum Gasteiger partial charge on any atom is -0.383 e. The van der Waals surface area contributed by atoms with Crippen LogP contribution in [0.25, 0.3) is 27.6 Å². The number of hydrogen-bond donors (Lipinski definition) is 1. The van der Waals surface area contributed by atoms with Gasteiger partial charge < -0.3 is 9.64 Å². The fourth-order valence-electron chi connectivity index (χ4n) is 4.63. The van der Waals surface area contributed by atoms with E-state index in [-0.39, 0.29) is 11.3 Å². The van der Waals surface area contributed by atoms with E-state index in [0.717, 1.165) is 42.9 Å². The van der Waals surface area contributed by atoms with Crippen LogP contribution < -0.4 is 0 Å². The van der Waals surface area contributed by atoms with Crippen molar-refractivity contribution in [2.24, 2.45) is 0 Å². The summed E-state index contributed by atoms with van der Waals surface area (Å²) in [4.78, 5) is 12.2. The lowest BCUT2D eigenvalue weighted by atomic mass is 9.96. The van der Waals surface area contributed by atoms with Crippen molar-refractivity contribution in [2.45, 2.75) is 38.3 Å². The maximum absolute atomic E-state index is 13.6. The third-order valence-electron chi connectivity index (χ3n) is 6.42. The number of nitrogens with one attached hydrogen (secondary N) is 1. The summed E-state index contributed by atoms with van der Waals surface area (Å²) in [5.74, 6) is 0.353. The highest BCUT2D eigenvalue weighted by molar-refractivity contribution is 7.15. The molecule has 1 saturated heterocycles. The molecule has 0 aromatic carbocycles. The van der Waals surface area contributed by atoms with Gasteiger partial charge in [-0.05, 0) is 50.4 Å². The number of nitrogens with zero attached hydrogens (tertiary/aromatic N) is 6. The molecule has 1 fully saturated rings. The number of fused-ring (bicyclic) bond motifs is 1. The summed E-state index contributed by atoms with van der Waals surface area (Å²) in [5.41, 5.74) is 2.66. The molecule has 5 heterocycles. The summed E-state index contributed by atoms with van der Waals surface area (Å²) in [6, 6.07) is 1.79. The molecule has 0 bridgehead atoms. The summed E-state index contributed by atoms with van der Waals surface area (Å²) >= 11 is 1.45. The number of H-pyrrole nitrogens is 1. The lowest BCUT2D eigenvalue weighted by Gasteiger charge is -2.31. The molecule has 1 aliphatic rings. The Morgan fingerprint density at radius 3 is 2.77 bits per heavy atom. The van der Waals surface area contributed by atoms with Gasteiger partial charge in [0.15, 0.2) is 5.65 Å². The van der Waals surface area contributed by atoms with Crippen LogP contribution in [0.5, 0.6) is 0 Å². The Morgan fingerprint density at radius 2 is 2.03 bits per heavy atom. The van der Waals surface area contributed by atoms with E-state index < -0.39 is 12.6 Å².